The molecule has 2 fully saturated rings. The molecule has 2 unspecified atom stereocenters. The standard InChI is InChI=1S/C22H20ClN3OS/c23-18-8-6-15(7-9-18)21-25-19(14-4-2-1-3-5-14)20(28-21)22(27)26-12-16-10-24-11-17(16)13-26/h1-9,16-17,24H,10-13H2. The Hall–Kier alpha value is -2.21. The predicted octanol–water partition coefficient (Wildman–Crippen LogP) is 4.42. The summed E-state index contributed by atoms with van der Waals surface area (Å²) in [5.41, 5.74) is 2.73. The molecule has 0 spiro atoms. The molecule has 1 aromatic heterocycles. The van der Waals surface area contributed by atoms with Crippen LogP contribution in [0.1, 0.15) is 9.67 Å². The minimum Gasteiger partial charge on any atom is -0.337 e. The number of nitrogens with one attached hydrogen (secondary N) is 1. The van der Waals surface area contributed by atoms with Crippen LogP contribution in [0.4, 0.5) is 0 Å². The summed E-state index contributed by atoms with van der Waals surface area (Å²) in [6, 6.07) is 17.6. The summed E-state index contributed by atoms with van der Waals surface area (Å²) in [6.45, 7) is 3.69. The van der Waals surface area contributed by atoms with Gasteiger partial charge in [0.15, 0.2) is 0 Å². The van der Waals surface area contributed by atoms with E-state index in [4.69, 9.17) is 16.6 Å². The van der Waals surface area contributed by atoms with Gasteiger partial charge in [0.05, 0.1) is 5.69 Å². The molecule has 6 heteroatoms. The first kappa shape index (κ1) is 17.9. The van der Waals surface area contributed by atoms with Gasteiger partial charge >= 0.3 is 0 Å². The molecule has 2 aliphatic rings. The second-order valence-corrected chi connectivity index (χ2v) is 8.89. The Morgan fingerprint density at radius 1 is 1.00 bits per heavy atom. The van der Waals surface area contributed by atoms with Gasteiger partial charge in [-0.25, -0.2) is 4.98 Å². The van der Waals surface area contributed by atoms with Crippen LogP contribution in [0.15, 0.2) is 54.6 Å². The van der Waals surface area contributed by atoms with Crippen molar-refractivity contribution in [3.8, 4) is 21.8 Å². The van der Waals surface area contributed by atoms with Gasteiger partial charge in [0.2, 0.25) is 0 Å². The van der Waals surface area contributed by atoms with Crippen LogP contribution in [-0.2, 0) is 0 Å². The van der Waals surface area contributed by atoms with Crippen molar-refractivity contribution < 1.29 is 4.79 Å². The molecule has 4 nitrogen and oxygen atoms in total. The predicted molar refractivity (Wildman–Crippen MR) is 114 cm³/mol. The average molecular weight is 410 g/mol. The highest BCUT2D eigenvalue weighted by Gasteiger charge is 2.39. The third-order valence-electron chi connectivity index (χ3n) is 5.64. The number of aromatic nitrogens is 1. The van der Waals surface area contributed by atoms with Gasteiger partial charge in [-0.15, -0.1) is 11.3 Å². The molecule has 5 rings (SSSR count). The highest BCUT2D eigenvalue weighted by atomic mass is 35.5. The lowest BCUT2D eigenvalue weighted by molar-refractivity contribution is 0.0787. The minimum atomic E-state index is 0.103. The van der Waals surface area contributed by atoms with Crippen LogP contribution in [-0.4, -0.2) is 42.0 Å². The molecule has 1 N–H and O–H groups in total. The van der Waals surface area contributed by atoms with Gasteiger partial charge in [0.25, 0.3) is 5.91 Å². The van der Waals surface area contributed by atoms with E-state index in [9.17, 15) is 4.79 Å². The normalized spacial score (nSPS) is 21.1. The lowest BCUT2D eigenvalue weighted by Gasteiger charge is -2.17. The molecule has 0 radical (unpaired) electrons. The summed E-state index contributed by atoms with van der Waals surface area (Å²) in [5, 5.41) is 4.97. The largest absolute Gasteiger partial charge is 0.337 e. The monoisotopic (exact) mass is 409 g/mol. The Labute approximate surface area is 173 Å². The summed E-state index contributed by atoms with van der Waals surface area (Å²) in [5.74, 6) is 1.26. The molecule has 28 heavy (non-hydrogen) atoms. The Morgan fingerprint density at radius 2 is 1.68 bits per heavy atom. The van der Waals surface area contributed by atoms with Crippen molar-refractivity contribution >= 4 is 28.8 Å². The Morgan fingerprint density at radius 3 is 2.36 bits per heavy atom. The lowest BCUT2D eigenvalue weighted by Crippen LogP contribution is -2.31. The first-order chi connectivity index (χ1) is 13.7. The number of hydrogen-bond donors (Lipinski definition) is 1. The summed E-state index contributed by atoms with van der Waals surface area (Å²) in [6.07, 6.45) is 0. The van der Waals surface area contributed by atoms with Gasteiger partial charge in [-0.3, -0.25) is 4.79 Å². The van der Waals surface area contributed by atoms with Crippen molar-refractivity contribution in [2.45, 2.75) is 0 Å². The van der Waals surface area contributed by atoms with Crippen molar-refractivity contribution in [1.82, 2.24) is 15.2 Å². The van der Waals surface area contributed by atoms with E-state index < -0.39 is 0 Å². The summed E-state index contributed by atoms with van der Waals surface area (Å²) < 4.78 is 0. The Balaban J connectivity index is 1.53. The highest BCUT2D eigenvalue weighted by Crippen LogP contribution is 2.37. The third-order valence-corrected chi connectivity index (χ3v) is 6.98. The van der Waals surface area contributed by atoms with E-state index in [2.05, 4.69) is 5.32 Å². The van der Waals surface area contributed by atoms with E-state index in [1.54, 1.807) is 0 Å². The summed E-state index contributed by atoms with van der Waals surface area (Å²) in [7, 11) is 0. The fourth-order valence-electron chi connectivity index (χ4n) is 4.14. The number of hydrogen-bond acceptors (Lipinski definition) is 4. The van der Waals surface area contributed by atoms with Crippen LogP contribution in [0, 0.1) is 11.8 Å². The third kappa shape index (κ3) is 3.24. The van der Waals surface area contributed by atoms with Crippen LogP contribution in [0.3, 0.4) is 0 Å². The molecular formula is C22H20ClN3OS. The zero-order valence-electron chi connectivity index (χ0n) is 15.3. The number of benzene rings is 2. The van der Waals surface area contributed by atoms with Gasteiger partial charge < -0.3 is 10.2 Å². The number of carbonyl (C=O) groups excluding carboxylic acids is 1. The topological polar surface area (TPSA) is 45.2 Å². The molecule has 2 saturated heterocycles. The van der Waals surface area contributed by atoms with E-state index in [-0.39, 0.29) is 5.91 Å². The van der Waals surface area contributed by atoms with E-state index in [0.29, 0.717) is 16.9 Å². The fraction of sp³-hybridized carbons (Fsp3) is 0.273. The minimum absolute atomic E-state index is 0.103. The van der Waals surface area contributed by atoms with Gasteiger partial charge in [-0.05, 0) is 24.0 Å². The lowest BCUT2D eigenvalue weighted by atomic mass is 10.0. The van der Waals surface area contributed by atoms with Gasteiger partial charge in [0, 0.05) is 42.3 Å². The van der Waals surface area contributed by atoms with Crippen LogP contribution < -0.4 is 5.32 Å². The molecular weight excluding hydrogens is 390 g/mol. The molecule has 3 heterocycles. The molecule has 3 aromatic rings. The molecule has 0 aliphatic carbocycles. The Kier molecular flexibility index (Phi) is 4.67. The van der Waals surface area contributed by atoms with Crippen molar-refractivity contribution in [3.05, 3.63) is 64.5 Å². The zero-order chi connectivity index (χ0) is 19.1. The van der Waals surface area contributed by atoms with Gasteiger partial charge in [-0.2, -0.15) is 0 Å². The number of likely N-dealkylation sites (tertiary alicyclic amines) is 1. The summed E-state index contributed by atoms with van der Waals surface area (Å²) >= 11 is 7.51. The number of rotatable bonds is 3. The van der Waals surface area contributed by atoms with Crippen LogP contribution in [0.2, 0.25) is 5.02 Å². The van der Waals surface area contributed by atoms with E-state index >= 15 is 0 Å². The van der Waals surface area contributed by atoms with Crippen molar-refractivity contribution in [3.63, 3.8) is 0 Å². The zero-order valence-corrected chi connectivity index (χ0v) is 16.8. The maximum absolute atomic E-state index is 13.4. The fourth-order valence-corrected chi connectivity index (χ4v) is 5.32. The van der Waals surface area contributed by atoms with E-state index in [1.807, 2.05) is 59.5 Å². The quantitative estimate of drug-likeness (QED) is 0.696. The van der Waals surface area contributed by atoms with Crippen LogP contribution in [0.5, 0.6) is 0 Å². The second-order valence-electron chi connectivity index (χ2n) is 7.46. The summed E-state index contributed by atoms with van der Waals surface area (Å²) in [4.78, 5) is 21.0. The van der Waals surface area contributed by atoms with Crippen LogP contribution in [0.25, 0.3) is 21.8 Å². The van der Waals surface area contributed by atoms with Gasteiger partial charge in [-0.1, -0.05) is 54.1 Å². The van der Waals surface area contributed by atoms with E-state index in [1.165, 1.54) is 11.3 Å². The number of nitrogens with zero attached hydrogens (tertiary/aromatic N) is 2. The molecule has 0 saturated carbocycles. The number of thiazole rings is 1. The molecule has 142 valence electrons. The maximum atomic E-state index is 13.4. The number of halogens is 1. The number of fused-ring (bicyclic) bond motifs is 1. The molecule has 2 aliphatic heterocycles. The maximum Gasteiger partial charge on any atom is 0.266 e. The molecule has 0 bridgehead atoms. The average Bonchev–Trinajstić information content (AvgIpc) is 3.43. The Bertz CT molecular complexity index is 990. The van der Waals surface area contributed by atoms with Crippen LogP contribution >= 0.6 is 22.9 Å². The SMILES string of the molecule is O=C(c1sc(-c2ccc(Cl)cc2)nc1-c1ccccc1)N1CC2CNCC2C1. The van der Waals surface area contributed by atoms with E-state index in [0.717, 1.165) is 52.9 Å². The smallest absolute Gasteiger partial charge is 0.266 e. The van der Waals surface area contributed by atoms with Crippen molar-refractivity contribution in [1.29, 1.82) is 0 Å². The first-order valence-electron chi connectivity index (χ1n) is 9.51. The number of amides is 1. The van der Waals surface area contributed by atoms with Crippen molar-refractivity contribution in [2.75, 3.05) is 26.2 Å². The highest BCUT2D eigenvalue weighted by molar-refractivity contribution is 7.17. The first-order valence-corrected chi connectivity index (χ1v) is 10.7. The van der Waals surface area contributed by atoms with Crippen molar-refractivity contribution in [2.24, 2.45) is 11.8 Å². The van der Waals surface area contributed by atoms with Gasteiger partial charge in [0.1, 0.15) is 9.88 Å². The molecule has 2 atom stereocenters. The number of carbonyl (C=O) groups is 1. The second kappa shape index (κ2) is 7.32. The molecule has 1 amide bonds. The molecule has 2 aromatic carbocycles.